The molecule has 0 N–H and O–H groups in total. The normalized spacial score (nSPS) is 11.3. The van der Waals surface area contributed by atoms with E-state index in [1.54, 1.807) is 0 Å². The van der Waals surface area contributed by atoms with Crippen molar-refractivity contribution < 1.29 is 4.31 Å². The number of hydrogen-bond acceptors (Lipinski definition) is 3. The first-order valence-corrected chi connectivity index (χ1v) is 5.93. The van der Waals surface area contributed by atoms with Crippen molar-refractivity contribution in [2.24, 2.45) is 0 Å². The van der Waals surface area contributed by atoms with Crippen LogP contribution in [-0.4, -0.2) is 0 Å². The Morgan fingerprint density at radius 1 is 2.00 bits per heavy atom. The van der Waals surface area contributed by atoms with Gasteiger partial charge in [-0.2, -0.15) is 0 Å². The van der Waals surface area contributed by atoms with Crippen LogP contribution in [0, 0.1) is 0 Å². The molecule has 6 heteroatoms. The summed E-state index contributed by atoms with van der Waals surface area (Å²) in [4.78, 5) is 0. The molecule has 0 spiro atoms. The van der Waals surface area contributed by atoms with Gasteiger partial charge in [0.2, 0.25) is 22.4 Å². The molecule has 2 unspecified atom stereocenters. The molecule has 0 radical (unpaired) electrons. The lowest BCUT2D eigenvalue weighted by molar-refractivity contribution is 0.755. The van der Waals surface area contributed by atoms with Crippen molar-refractivity contribution in [1.29, 1.82) is 0 Å². The molecule has 2 atom stereocenters. The highest BCUT2D eigenvalue weighted by Crippen LogP contribution is 2.43. The summed E-state index contributed by atoms with van der Waals surface area (Å²) < 4.78 is 4.53. The lowest BCUT2D eigenvalue weighted by Gasteiger charge is -1.66. The minimum absolute atomic E-state index is 0.848. The first kappa shape index (κ1) is 7.55. The second-order valence-electron chi connectivity index (χ2n) is 0.398. The van der Waals surface area contributed by atoms with Crippen LogP contribution in [0.25, 0.3) is 0 Å². The average molecular weight is 180 g/mol. The van der Waals surface area contributed by atoms with Crippen molar-refractivity contribution in [3.63, 3.8) is 0 Å². The molecule has 0 aromatic rings. The maximum absolute atomic E-state index is 5.16. The summed E-state index contributed by atoms with van der Waals surface area (Å²) in [6.45, 7) is 0. The van der Waals surface area contributed by atoms with E-state index in [-0.39, 0.29) is 0 Å². The number of rotatable bonds is 2. The lowest BCUT2D eigenvalue weighted by Crippen LogP contribution is -1.36. The van der Waals surface area contributed by atoms with Crippen LogP contribution in [0.4, 0.5) is 0 Å². The minimum Gasteiger partial charge on any atom is -0.144 e. The first-order valence-electron chi connectivity index (χ1n) is 0.938. The van der Waals surface area contributed by atoms with Crippen molar-refractivity contribution in [3.8, 4) is 0 Å². The Morgan fingerprint density at radius 2 is 2.50 bits per heavy atom. The molecule has 0 heterocycles. The molecule has 0 amide bonds. The third-order valence-corrected chi connectivity index (χ3v) is 5.37. The molecule has 0 aliphatic heterocycles. The molecule has 0 fully saturated rings. The molecular formula is H2ClOP2S2+. The second-order valence-corrected chi connectivity index (χ2v) is 6.17. The Labute approximate surface area is 53.2 Å². The Kier molecular flexibility index (Phi) is 5.92. The van der Waals surface area contributed by atoms with Gasteiger partial charge in [0.05, 0.1) is 9.47 Å². The van der Waals surface area contributed by atoms with E-state index < -0.39 is 6.13 Å². The fourth-order valence-corrected chi connectivity index (χ4v) is 1.32. The topological polar surface area (TPSA) is 9.23 Å². The van der Waals surface area contributed by atoms with E-state index >= 15 is 0 Å². The lowest BCUT2D eigenvalue weighted by atomic mass is 15.9. The van der Waals surface area contributed by atoms with Gasteiger partial charge in [0.1, 0.15) is 0 Å². The molecule has 0 saturated carbocycles. The van der Waals surface area contributed by atoms with E-state index in [0.29, 0.717) is 0 Å². The highest BCUT2D eigenvalue weighted by molar-refractivity contribution is 8.72. The molecule has 0 saturated heterocycles. The van der Waals surface area contributed by atoms with Gasteiger partial charge in [0.15, 0.2) is 0 Å². The fourth-order valence-electron chi connectivity index (χ4n) is 0.0163. The Morgan fingerprint density at radius 3 is 2.50 bits per heavy atom. The number of halogens is 1. The molecule has 36 valence electrons. The molecule has 0 aromatic heterocycles. The number of hydrogen-bond donors (Lipinski definition) is 0. The van der Waals surface area contributed by atoms with E-state index in [9.17, 15) is 0 Å². The minimum atomic E-state index is -0.848. The zero-order valence-electron chi connectivity index (χ0n) is 2.63. The molecule has 6 heavy (non-hydrogen) atoms. The van der Waals surface area contributed by atoms with E-state index in [2.05, 4.69) is 25.6 Å². The predicted octanol–water partition coefficient (Wildman–Crippen LogP) is 2.45. The van der Waals surface area contributed by atoms with Gasteiger partial charge in [-0.3, -0.25) is 0 Å². The summed E-state index contributed by atoms with van der Waals surface area (Å²) in [5, 5.41) is 0. The summed E-state index contributed by atoms with van der Waals surface area (Å²) in [5.74, 6) is 0. The predicted molar refractivity (Wildman–Crippen MR) is 38.5 cm³/mol. The molecule has 0 aliphatic carbocycles. The van der Waals surface area contributed by atoms with Gasteiger partial charge in [0, 0.05) is 10.7 Å². The van der Waals surface area contributed by atoms with Crippen LogP contribution < -0.4 is 0 Å². The van der Waals surface area contributed by atoms with Crippen molar-refractivity contribution >= 4 is 48.7 Å². The van der Waals surface area contributed by atoms with Crippen LogP contribution in [0.15, 0.2) is 0 Å². The summed E-state index contributed by atoms with van der Waals surface area (Å²) >= 11 is 4.59. The van der Waals surface area contributed by atoms with Crippen molar-refractivity contribution in [1.82, 2.24) is 0 Å². The molecule has 0 aromatic carbocycles. The van der Waals surface area contributed by atoms with Crippen molar-refractivity contribution in [3.05, 3.63) is 0 Å². The van der Waals surface area contributed by atoms with Gasteiger partial charge in [0.25, 0.3) is 0 Å². The van der Waals surface area contributed by atoms with Crippen LogP contribution in [0.2, 0.25) is 0 Å². The van der Waals surface area contributed by atoms with E-state index in [1.807, 2.05) is 0 Å². The quantitative estimate of drug-likeness (QED) is 0.603. The van der Waals surface area contributed by atoms with Gasteiger partial charge in [-0.15, -0.1) is 4.31 Å². The second kappa shape index (κ2) is 4.70. The molecule has 0 rings (SSSR count). The maximum atomic E-state index is 5.16. The van der Waals surface area contributed by atoms with E-state index in [0.717, 1.165) is 10.6 Å². The molecular weight excluding hydrogens is 178 g/mol. The first-order chi connectivity index (χ1) is 2.81. The van der Waals surface area contributed by atoms with Crippen LogP contribution in [0.5, 0.6) is 0 Å². The fraction of sp³-hybridized carbons (Fsp3) is 0. The molecule has 0 aliphatic rings. The van der Waals surface area contributed by atoms with Crippen molar-refractivity contribution in [2.45, 2.75) is 0 Å². The van der Waals surface area contributed by atoms with Crippen molar-refractivity contribution in [2.75, 3.05) is 0 Å². The van der Waals surface area contributed by atoms with Crippen LogP contribution in [0.1, 0.15) is 0 Å². The Hall–Kier alpha value is 1.55. The van der Waals surface area contributed by atoms with Crippen LogP contribution in [0.3, 0.4) is 0 Å². The highest BCUT2D eigenvalue weighted by Gasteiger charge is 2.05. The monoisotopic (exact) mass is 179 g/mol. The van der Waals surface area contributed by atoms with Gasteiger partial charge < -0.3 is 0 Å². The van der Waals surface area contributed by atoms with E-state index in [4.69, 9.17) is 10.7 Å². The third-order valence-electron chi connectivity index (χ3n) is 0.142. The van der Waals surface area contributed by atoms with Crippen LogP contribution >= 0.6 is 36.9 Å². The summed E-state index contributed by atoms with van der Waals surface area (Å²) in [5.41, 5.74) is 0. The molecule has 0 bridgehead atoms. The summed E-state index contributed by atoms with van der Waals surface area (Å²) in [6.07, 6.45) is -0.848. The third kappa shape index (κ3) is 3.73. The maximum Gasteiger partial charge on any atom is 0.434 e. The Bertz CT molecular complexity index is 49.5. The summed E-state index contributed by atoms with van der Waals surface area (Å²) in [7, 11) is 8.25. The summed E-state index contributed by atoms with van der Waals surface area (Å²) in [6, 6.07) is 0. The zero-order chi connectivity index (χ0) is 4.99. The largest absolute Gasteiger partial charge is 0.434 e. The van der Waals surface area contributed by atoms with Gasteiger partial charge in [-0.25, -0.2) is 0 Å². The standard InChI is InChI=1S/ClH2OP2S2/c1-6-4(5)2-3/h3H2/q+1. The van der Waals surface area contributed by atoms with E-state index in [1.165, 1.54) is 0 Å². The van der Waals surface area contributed by atoms with Gasteiger partial charge in [-0.05, 0) is 0 Å². The van der Waals surface area contributed by atoms with Gasteiger partial charge >= 0.3 is 6.13 Å². The SMILES string of the molecule is PO[P+](=S)SCl. The highest BCUT2D eigenvalue weighted by atomic mass is 35.7. The average Bonchev–Trinajstić information content (AvgIpc) is 1.65. The Balaban J connectivity index is 2.99. The van der Waals surface area contributed by atoms with Crippen LogP contribution in [-0.2, 0) is 16.1 Å². The van der Waals surface area contributed by atoms with Gasteiger partial charge in [-0.1, -0.05) is 0 Å². The smallest absolute Gasteiger partial charge is 0.144 e. The zero-order valence-corrected chi connectivity index (χ0v) is 7.07. The molecule has 1 nitrogen and oxygen atoms in total.